The van der Waals surface area contributed by atoms with Crippen molar-refractivity contribution in [3.05, 3.63) is 11.8 Å². The van der Waals surface area contributed by atoms with Gasteiger partial charge in [0.1, 0.15) is 0 Å². The fourth-order valence-corrected chi connectivity index (χ4v) is 1.28. The number of nitrogens with two attached hydrogens (primary N) is 1. The number of rotatable bonds is 3. The fourth-order valence-electron chi connectivity index (χ4n) is 1.28. The van der Waals surface area contributed by atoms with Gasteiger partial charge in [0.15, 0.2) is 0 Å². The molecule has 0 fully saturated rings. The van der Waals surface area contributed by atoms with Crippen molar-refractivity contribution in [2.24, 2.45) is 16.6 Å². The van der Waals surface area contributed by atoms with Gasteiger partial charge in [-0.3, -0.25) is 9.79 Å². The largest absolute Gasteiger partial charge is 0.477 e. The van der Waals surface area contributed by atoms with E-state index < -0.39 is 12.1 Å². The quantitative estimate of drug-likeness (QED) is 0.783. The monoisotopic (exact) mass is 265 g/mol. The first-order valence-electron chi connectivity index (χ1n) is 5.25. The summed E-state index contributed by atoms with van der Waals surface area (Å²) in [5, 5.41) is 1.80. The van der Waals surface area contributed by atoms with Gasteiger partial charge in [0.2, 0.25) is 5.90 Å². The van der Waals surface area contributed by atoms with Crippen molar-refractivity contribution < 1.29 is 22.7 Å². The molecule has 0 saturated heterocycles. The number of carbonyl (C=O) groups excluding carboxylic acids is 1. The molecule has 0 aromatic carbocycles. The molecule has 102 valence electrons. The molecule has 18 heavy (non-hydrogen) atoms. The van der Waals surface area contributed by atoms with E-state index in [9.17, 15) is 18.0 Å². The number of hydrogen-bond donors (Lipinski definition) is 2. The van der Waals surface area contributed by atoms with E-state index in [2.05, 4.69) is 4.99 Å². The zero-order valence-corrected chi connectivity index (χ0v) is 9.75. The highest BCUT2D eigenvalue weighted by atomic mass is 19.4. The van der Waals surface area contributed by atoms with E-state index in [1.165, 1.54) is 6.20 Å². The molecule has 8 heteroatoms. The van der Waals surface area contributed by atoms with Gasteiger partial charge in [-0.25, -0.2) is 0 Å². The van der Waals surface area contributed by atoms with Crippen LogP contribution in [0.5, 0.6) is 0 Å². The molecule has 1 atom stereocenters. The second-order valence-corrected chi connectivity index (χ2v) is 3.88. The van der Waals surface area contributed by atoms with Crippen molar-refractivity contribution in [2.45, 2.75) is 13.1 Å². The van der Waals surface area contributed by atoms with Crippen LogP contribution in [0.25, 0.3) is 0 Å². The Morgan fingerprint density at radius 3 is 2.78 bits per heavy atom. The van der Waals surface area contributed by atoms with Crippen LogP contribution in [-0.2, 0) is 9.53 Å². The molecule has 0 spiro atoms. The lowest BCUT2D eigenvalue weighted by Gasteiger charge is -2.22. The Morgan fingerprint density at radius 1 is 1.67 bits per heavy atom. The van der Waals surface area contributed by atoms with E-state index in [-0.39, 0.29) is 19.1 Å². The molecule has 0 aliphatic carbocycles. The minimum Gasteiger partial charge on any atom is -0.477 e. The number of aliphatic imine (C=N–C) groups is 1. The fraction of sp³-hybridized carbons (Fsp3) is 0.600. The highest BCUT2D eigenvalue weighted by Crippen LogP contribution is 2.15. The SMILES string of the molecule is C/C(=C/N)C1=NCC(CNC(=O)C(F)(F)F)CO1. The summed E-state index contributed by atoms with van der Waals surface area (Å²) in [7, 11) is 0. The Kier molecular flexibility index (Phi) is 4.57. The Morgan fingerprint density at radius 2 is 2.33 bits per heavy atom. The van der Waals surface area contributed by atoms with Crippen LogP contribution in [0.1, 0.15) is 6.92 Å². The van der Waals surface area contributed by atoms with Gasteiger partial charge in [0.25, 0.3) is 0 Å². The second-order valence-electron chi connectivity index (χ2n) is 3.88. The van der Waals surface area contributed by atoms with Crippen LogP contribution in [0.3, 0.4) is 0 Å². The van der Waals surface area contributed by atoms with Crippen molar-refractivity contribution >= 4 is 11.8 Å². The zero-order valence-electron chi connectivity index (χ0n) is 9.75. The highest BCUT2D eigenvalue weighted by Gasteiger charge is 2.38. The van der Waals surface area contributed by atoms with Gasteiger partial charge < -0.3 is 15.8 Å². The summed E-state index contributed by atoms with van der Waals surface area (Å²) in [5.74, 6) is -1.84. The Bertz CT molecular complexity index is 377. The third-order valence-electron chi connectivity index (χ3n) is 2.34. The van der Waals surface area contributed by atoms with Gasteiger partial charge in [0.05, 0.1) is 13.2 Å². The van der Waals surface area contributed by atoms with Crippen LogP contribution < -0.4 is 11.1 Å². The van der Waals surface area contributed by atoms with Gasteiger partial charge in [-0.2, -0.15) is 13.2 Å². The Balaban J connectivity index is 2.41. The van der Waals surface area contributed by atoms with Crippen LogP contribution >= 0.6 is 0 Å². The predicted molar refractivity (Wildman–Crippen MR) is 58.8 cm³/mol. The molecule has 0 aromatic heterocycles. The molecule has 3 N–H and O–H groups in total. The van der Waals surface area contributed by atoms with E-state index in [1.54, 1.807) is 12.2 Å². The zero-order chi connectivity index (χ0) is 13.8. The van der Waals surface area contributed by atoms with Crippen molar-refractivity contribution in [2.75, 3.05) is 19.7 Å². The molecule has 0 radical (unpaired) electrons. The van der Waals surface area contributed by atoms with Gasteiger partial charge in [-0.15, -0.1) is 0 Å². The molecule has 1 heterocycles. The van der Waals surface area contributed by atoms with Crippen LogP contribution in [0.2, 0.25) is 0 Å². The predicted octanol–water partition coefficient (Wildman–Crippen LogP) is 0.572. The summed E-state index contributed by atoms with van der Waals surface area (Å²) in [4.78, 5) is 14.6. The summed E-state index contributed by atoms with van der Waals surface area (Å²) in [6, 6.07) is 0. The number of nitrogens with one attached hydrogen (secondary N) is 1. The van der Waals surface area contributed by atoms with Gasteiger partial charge in [-0.1, -0.05) is 0 Å². The topological polar surface area (TPSA) is 76.7 Å². The van der Waals surface area contributed by atoms with Crippen LogP contribution in [0.4, 0.5) is 13.2 Å². The first-order chi connectivity index (χ1) is 8.34. The van der Waals surface area contributed by atoms with E-state index in [0.717, 1.165) is 0 Å². The minimum atomic E-state index is -4.86. The van der Waals surface area contributed by atoms with Crippen molar-refractivity contribution in [1.29, 1.82) is 0 Å². The van der Waals surface area contributed by atoms with Crippen molar-refractivity contribution in [3.8, 4) is 0 Å². The maximum atomic E-state index is 11.9. The molecule has 5 nitrogen and oxygen atoms in total. The van der Waals surface area contributed by atoms with Crippen LogP contribution in [0, 0.1) is 5.92 Å². The minimum absolute atomic E-state index is 0.124. The normalized spacial score (nSPS) is 21.0. The molecule has 1 aliphatic heterocycles. The lowest BCUT2D eigenvalue weighted by Crippen LogP contribution is -2.41. The molecule has 1 aliphatic rings. The number of halogens is 3. The molecular formula is C10H14F3N3O2. The third-order valence-corrected chi connectivity index (χ3v) is 2.34. The summed E-state index contributed by atoms with van der Waals surface area (Å²) in [6.45, 7) is 2.08. The standard InChI is InChI=1S/C10H14F3N3O2/c1-6(2-14)8-15-3-7(5-18-8)4-16-9(17)10(11,12)13/h2,7H,3-5,14H2,1H3,(H,16,17)/b6-2-. The van der Waals surface area contributed by atoms with Crippen molar-refractivity contribution in [1.82, 2.24) is 5.32 Å². The van der Waals surface area contributed by atoms with E-state index >= 15 is 0 Å². The molecular weight excluding hydrogens is 251 g/mol. The summed E-state index contributed by atoms with van der Waals surface area (Å²) in [6.07, 6.45) is -3.52. The molecule has 1 rings (SSSR count). The molecule has 0 bridgehead atoms. The molecule has 0 saturated carbocycles. The number of hydrogen-bond acceptors (Lipinski definition) is 4. The van der Waals surface area contributed by atoms with Gasteiger partial charge in [-0.05, 0) is 6.92 Å². The Labute approximate surface area is 102 Å². The average Bonchev–Trinajstić information content (AvgIpc) is 2.34. The van der Waals surface area contributed by atoms with E-state index in [1.807, 2.05) is 0 Å². The third kappa shape index (κ3) is 3.94. The molecule has 0 aromatic rings. The average molecular weight is 265 g/mol. The van der Waals surface area contributed by atoms with E-state index in [4.69, 9.17) is 10.5 Å². The number of nitrogens with zero attached hydrogens (tertiary/aromatic N) is 1. The summed E-state index contributed by atoms with van der Waals surface area (Å²) >= 11 is 0. The lowest BCUT2D eigenvalue weighted by molar-refractivity contribution is -0.173. The maximum Gasteiger partial charge on any atom is 0.471 e. The second kappa shape index (κ2) is 5.74. The number of alkyl halides is 3. The maximum absolute atomic E-state index is 11.9. The van der Waals surface area contributed by atoms with E-state index in [0.29, 0.717) is 18.0 Å². The smallest absolute Gasteiger partial charge is 0.471 e. The first kappa shape index (κ1) is 14.3. The van der Waals surface area contributed by atoms with Crippen molar-refractivity contribution in [3.63, 3.8) is 0 Å². The summed E-state index contributed by atoms with van der Waals surface area (Å²) in [5.41, 5.74) is 5.94. The Hall–Kier alpha value is -1.73. The van der Waals surface area contributed by atoms with Gasteiger partial charge >= 0.3 is 12.1 Å². The lowest BCUT2D eigenvalue weighted by atomic mass is 10.1. The first-order valence-corrected chi connectivity index (χ1v) is 5.25. The van der Waals surface area contributed by atoms with Crippen LogP contribution in [-0.4, -0.2) is 37.7 Å². The summed E-state index contributed by atoms with van der Waals surface area (Å²) < 4.78 is 41.0. The number of ether oxygens (including phenoxy) is 1. The molecule has 1 unspecified atom stereocenters. The van der Waals surface area contributed by atoms with Crippen LogP contribution in [0.15, 0.2) is 16.8 Å². The van der Waals surface area contributed by atoms with Gasteiger partial charge in [0, 0.05) is 24.2 Å². The highest BCUT2D eigenvalue weighted by molar-refractivity contribution is 5.93. The number of carbonyl (C=O) groups is 1. The molecule has 1 amide bonds. The number of amides is 1.